The Kier molecular flexibility index (Phi) is 17.1. The average molecular weight is 1020 g/mol. The fourth-order valence-electron chi connectivity index (χ4n) is 9.03. The van der Waals surface area contributed by atoms with Crippen molar-refractivity contribution in [3.8, 4) is 33.8 Å². The van der Waals surface area contributed by atoms with Crippen molar-refractivity contribution in [1.82, 2.24) is 14.9 Å². The summed E-state index contributed by atoms with van der Waals surface area (Å²) >= 11 is 0. The second-order valence-corrected chi connectivity index (χ2v) is 21.8. The summed E-state index contributed by atoms with van der Waals surface area (Å²) in [5, 5.41) is 12.6. The van der Waals surface area contributed by atoms with Crippen LogP contribution in [0, 0.1) is 24.7 Å². The summed E-state index contributed by atoms with van der Waals surface area (Å²) in [4.78, 5) is 65.5. The van der Waals surface area contributed by atoms with Gasteiger partial charge in [-0.15, -0.1) is 0 Å². The van der Waals surface area contributed by atoms with Crippen LogP contribution in [0.3, 0.4) is 0 Å². The van der Waals surface area contributed by atoms with E-state index in [2.05, 4.69) is 85.3 Å². The van der Waals surface area contributed by atoms with Gasteiger partial charge in [0.05, 0.1) is 32.9 Å². The quantitative estimate of drug-likeness (QED) is 0.113. The smallest absolute Gasteiger partial charge is 0.335 e. The Morgan fingerprint density at radius 3 is 1.24 bits per heavy atom. The minimum atomic E-state index is -0.993. The third kappa shape index (κ3) is 13.7. The Balaban J connectivity index is 0.000000221. The molecule has 0 aliphatic rings. The van der Waals surface area contributed by atoms with Gasteiger partial charge in [0.25, 0.3) is 5.91 Å². The van der Waals surface area contributed by atoms with Crippen molar-refractivity contribution in [3.05, 3.63) is 179 Å². The second kappa shape index (κ2) is 23.4. The zero-order chi connectivity index (χ0) is 55.1. The molecular formula is C64H69N5O7. The van der Waals surface area contributed by atoms with Gasteiger partial charge in [0.2, 0.25) is 11.8 Å². The summed E-state index contributed by atoms with van der Waals surface area (Å²) in [6.45, 7) is 17.1. The van der Waals surface area contributed by atoms with E-state index in [4.69, 9.17) is 9.47 Å². The number of ether oxygens (including phenoxy) is 2. The minimum Gasteiger partial charge on any atom is -0.496 e. The first-order valence-corrected chi connectivity index (χ1v) is 25.3. The molecule has 0 spiro atoms. The van der Waals surface area contributed by atoms with Crippen LogP contribution >= 0.6 is 0 Å². The zero-order valence-electron chi connectivity index (χ0n) is 45.8. The van der Waals surface area contributed by atoms with Gasteiger partial charge in [-0.3, -0.25) is 24.2 Å². The largest absolute Gasteiger partial charge is 0.496 e. The van der Waals surface area contributed by atoms with Crippen LogP contribution in [0.4, 0.5) is 11.6 Å². The third-order valence-corrected chi connectivity index (χ3v) is 12.9. The van der Waals surface area contributed by atoms with Crippen molar-refractivity contribution in [3.63, 3.8) is 0 Å². The number of aryl methyl sites for hydroxylation is 2. The summed E-state index contributed by atoms with van der Waals surface area (Å²) in [5.74, 6) is 1.75. The molecule has 0 bridgehead atoms. The average Bonchev–Trinajstić information content (AvgIpc) is 3.38. The highest BCUT2D eigenvalue weighted by Crippen LogP contribution is 2.34. The van der Waals surface area contributed by atoms with Gasteiger partial charge in [-0.1, -0.05) is 102 Å². The predicted octanol–water partition coefficient (Wildman–Crippen LogP) is 13.8. The number of methoxy groups -OCH3 is 2. The molecule has 12 heteroatoms. The standard InChI is InChI=1S/C33H37N3O3.C31H32N2O4/c1-22-18-25(13-15-29(22)39-7)24-10-8-23(9-11-24)21-36(30(37)20-33(2,3)4)31-28-14-12-27(32(38)35(5)6)19-26(28)16-17-34-31;1-20-16-23(11-13-27(20)37-5)22-8-6-21(7-9-22)19-33(28(34)18-31(2,3)4)29-26-12-10-25(30(35)36)17-24(26)14-15-32-29/h8-19H,20-21H2,1-7H3;6-17H,18-19H2,1-5H3,(H,35,36). The summed E-state index contributed by atoms with van der Waals surface area (Å²) < 4.78 is 10.8. The molecule has 0 atom stereocenters. The molecule has 3 amide bonds. The molecule has 6 aromatic carbocycles. The lowest BCUT2D eigenvalue weighted by Crippen LogP contribution is -2.34. The SMILES string of the molecule is COc1ccc(-c2ccc(CN(C(=O)CC(C)(C)C)c3nccc4cc(C(=O)N(C)C)ccc34)cc2)cc1C.COc1ccc(-c2ccc(CN(C(=O)CC(C)(C)C)c3nccc4cc(C(=O)O)ccc34)cc2)cc1C. The molecule has 0 unspecified atom stereocenters. The number of hydrogen-bond donors (Lipinski definition) is 1. The molecule has 0 saturated heterocycles. The Labute approximate surface area is 447 Å². The maximum atomic E-state index is 13.7. The maximum Gasteiger partial charge on any atom is 0.335 e. The monoisotopic (exact) mass is 1020 g/mol. The van der Waals surface area contributed by atoms with Crippen LogP contribution in [0.1, 0.15) is 97.4 Å². The summed E-state index contributed by atoms with van der Waals surface area (Å²) in [5.41, 5.74) is 8.91. The van der Waals surface area contributed by atoms with Gasteiger partial charge in [0.1, 0.15) is 23.1 Å². The first-order valence-electron chi connectivity index (χ1n) is 25.3. The number of benzene rings is 6. The van der Waals surface area contributed by atoms with Crippen molar-refractivity contribution in [2.24, 2.45) is 10.8 Å². The van der Waals surface area contributed by atoms with E-state index in [9.17, 15) is 24.3 Å². The number of anilines is 2. The third-order valence-electron chi connectivity index (χ3n) is 12.9. The van der Waals surface area contributed by atoms with Gasteiger partial charge in [-0.2, -0.15) is 0 Å². The summed E-state index contributed by atoms with van der Waals surface area (Å²) in [7, 11) is 6.81. The van der Waals surface area contributed by atoms with E-state index in [0.717, 1.165) is 77.6 Å². The Hall–Kier alpha value is -8.38. The van der Waals surface area contributed by atoms with E-state index in [1.54, 1.807) is 85.7 Å². The maximum absolute atomic E-state index is 13.7. The van der Waals surface area contributed by atoms with E-state index in [-0.39, 0.29) is 34.1 Å². The van der Waals surface area contributed by atoms with Crippen molar-refractivity contribution in [1.29, 1.82) is 0 Å². The van der Waals surface area contributed by atoms with Gasteiger partial charge < -0.3 is 19.5 Å². The van der Waals surface area contributed by atoms with Crippen LogP contribution in [0.25, 0.3) is 43.8 Å². The van der Waals surface area contributed by atoms with Crippen LogP contribution in [-0.4, -0.2) is 72.0 Å². The van der Waals surface area contributed by atoms with Gasteiger partial charge >= 0.3 is 5.97 Å². The van der Waals surface area contributed by atoms with Crippen LogP contribution in [0.5, 0.6) is 11.5 Å². The fourth-order valence-corrected chi connectivity index (χ4v) is 9.03. The molecule has 0 fully saturated rings. The number of rotatable bonds is 14. The zero-order valence-corrected chi connectivity index (χ0v) is 45.8. The van der Waals surface area contributed by atoms with Crippen LogP contribution in [-0.2, 0) is 22.7 Å². The summed E-state index contributed by atoms with van der Waals surface area (Å²) in [6, 6.07) is 42.8. The minimum absolute atomic E-state index is 0.00537. The van der Waals surface area contributed by atoms with Crippen molar-refractivity contribution in [2.75, 3.05) is 38.1 Å². The topological polar surface area (TPSA) is 142 Å². The second-order valence-electron chi connectivity index (χ2n) is 21.8. The van der Waals surface area contributed by atoms with E-state index in [1.165, 1.54) is 0 Å². The Bertz CT molecular complexity index is 3410. The number of amides is 3. The van der Waals surface area contributed by atoms with Gasteiger partial charge in [-0.25, -0.2) is 14.8 Å². The molecule has 0 radical (unpaired) electrons. The molecule has 0 saturated carbocycles. The number of carbonyl (C=O) groups excluding carboxylic acids is 3. The molecule has 8 rings (SSSR count). The van der Waals surface area contributed by atoms with Crippen molar-refractivity contribution in [2.45, 2.75) is 81.3 Å². The molecule has 2 aromatic heterocycles. The summed E-state index contributed by atoms with van der Waals surface area (Å²) in [6.07, 6.45) is 4.05. The highest BCUT2D eigenvalue weighted by molar-refractivity contribution is 6.06. The molecule has 0 aliphatic heterocycles. The number of carboxylic acids is 1. The number of pyridine rings is 2. The van der Waals surface area contributed by atoms with E-state index in [1.807, 2.05) is 83.1 Å². The van der Waals surface area contributed by atoms with Crippen LogP contribution in [0.2, 0.25) is 0 Å². The lowest BCUT2D eigenvalue weighted by Gasteiger charge is -2.27. The van der Waals surface area contributed by atoms with E-state index >= 15 is 0 Å². The predicted molar refractivity (Wildman–Crippen MR) is 305 cm³/mol. The normalized spacial score (nSPS) is 11.4. The van der Waals surface area contributed by atoms with Crippen molar-refractivity contribution < 1.29 is 33.8 Å². The highest BCUT2D eigenvalue weighted by Gasteiger charge is 2.27. The van der Waals surface area contributed by atoms with Crippen LogP contribution in [0.15, 0.2) is 146 Å². The molecule has 2 heterocycles. The van der Waals surface area contributed by atoms with Crippen LogP contribution < -0.4 is 19.3 Å². The van der Waals surface area contributed by atoms with Crippen molar-refractivity contribution >= 4 is 56.9 Å². The Morgan fingerprint density at radius 1 is 0.500 bits per heavy atom. The first-order chi connectivity index (χ1) is 36.0. The molecule has 12 nitrogen and oxygen atoms in total. The number of nitrogens with zero attached hydrogens (tertiary/aromatic N) is 5. The van der Waals surface area contributed by atoms with E-state index in [0.29, 0.717) is 43.1 Å². The van der Waals surface area contributed by atoms with Gasteiger partial charge in [0.15, 0.2) is 0 Å². The molecule has 1 N–H and O–H groups in total. The number of fused-ring (bicyclic) bond motifs is 2. The Morgan fingerprint density at radius 2 is 0.882 bits per heavy atom. The first kappa shape index (κ1) is 55.4. The van der Waals surface area contributed by atoms with E-state index < -0.39 is 5.97 Å². The molecule has 76 heavy (non-hydrogen) atoms. The number of carboxylic acid groups (broad SMARTS) is 1. The number of hydrogen-bond acceptors (Lipinski definition) is 8. The van der Waals surface area contributed by atoms with Gasteiger partial charge in [0, 0.05) is 55.7 Å². The molecule has 0 aliphatic carbocycles. The van der Waals surface area contributed by atoms with Gasteiger partial charge in [-0.05, 0) is 153 Å². The fraction of sp³-hybridized carbons (Fsp3) is 0.281. The molecule has 392 valence electrons. The number of aromatic carboxylic acids is 1. The molecule has 8 aromatic rings. The lowest BCUT2D eigenvalue weighted by atomic mass is 9.91. The lowest BCUT2D eigenvalue weighted by molar-refractivity contribution is -0.121. The molecular weight excluding hydrogens is 951 g/mol. The highest BCUT2D eigenvalue weighted by atomic mass is 16.5. The number of aromatic nitrogens is 2. The number of carbonyl (C=O) groups is 4.